The molecular formula is C14H25NO. The van der Waals surface area contributed by atoms with Crippen molar-refractivity contribution in [3.8, 4) is 0 Å². The number of nitrogens with one attached hydrogen (secondary N) is 1. The summed E-state index contributed by atoms with van der Waals surface area (Å²) < 4.78 is 5.27. The molecule has 1 N–H and O–H groups in total. The molecule has 2 unspecified atom stereocenters. The molecule has 1 aliphatic carbocycles. The number of ether oxygens (including phenoxy) is 1. The highest BCUT2D eigenvalue weighted by atomic mass is 16.5. The highest BCUT2D eigenvalue weighted by Crippen LogP contribution is 2.28. The van der Waals surface area contributed by atoms with Crippen LogP contribution in [0.25, 0.3) is 0 Å². The van der Waals surface area contributed by atoms with Crippen molar-refractivity contribution in [2.75, 3.05) is 26.3 Å². The Bertz CT molecular complexity index is 268. The van der Waals surface area contributed by atoms with Crippen molar-refractivity contribution in [3.63, 3.8) is 0 Å². The lowest BCUT2D eigenvalue weighted by Crippen LogP contribution is -2.48. The summed E-state index contributed by atoms with van der Waals surface area (Å²) in [7, 11) is 0. The Hall–Kier alpha value is -0.340. The second kappa shape index (κ2) is 4.89. The molecule has 2 heteroatoms. The molecular weight excluding hydrogens is 198 g/mol. The minimum absolute atomic E-state index is 0.408. The van der Waals surface area contributed by atoms with E-state index >= 15 is 0 Å². The van der Waals surface area contributed by atoms with E-state index in [2.05, 4.69) is 32.2 Å². The van der Waals surface area contributed by atoms with Gasteiger partial charge in [0, 0.05) is 12.0 Å². The van der Waals surface area contributed by atoms with E-state index in [0.29, 0.717) is 5.41 Å². The first-order valence-corrected chi connectivity index (χ1v) is 6.53. The SMILES string of the molecule is CC1=CC(C)CC(CNCC2(C)COC2)C1. The number of hydrogen-bond acceptors (Lipinski definition) is 2. The van der Waals surface area contributed by atoms with Gasteiger partial charge in [-0.25, -0.2) is 0 Å². The van der Waals surface area contributed by atoms with E-state index in [0.717, 1.165) is 31.6 Å². The third kappa shape index (κ3) is 3.08. The van der Waals surface area contributed by atoms with Gasteiger partial charge in [0.05, 0.1) is 13.2 Å². The average Bonchev–Trinajstić information content (AvgIpc) is 2.13. The van der Waals surface area contributed by atoms with Crippen LogP contribution < -0.4 is 5.32 Å². The van der Waals surface area contributed by atoms with Gasteiger partial charge < -0.3 is 10.1 Å². The third-order valence-electron chi connectivity index (χ3n) is 3.77. The number of hydrogen-bond donors (Lipinski definition) is 1. The number of allylic oxidation sites excluding steroid dienone is 2. The van der Waals surface area contributed by atoms with Crippen molar-refractivity contribution < 1.29 is 4.74 Å². The second-order valence-electron chi connectivity index (χ2n) is 6.23. The molecule has 16 heavy (non-hydrogen) atoms. The Labute approximate surface area is 99.4 Å². The molecule has 0 radical (unpaired) electrons. The molecule has 2 atom stereocenters. The minimum atomic E-state index is 0.408. The molecule has 0 spiro atoms. The van der Waals surface area contributed by atoms with E-state index in [9.17, 15) is 0 Å². The lowest BCUT2D eigenvalue weighted by Gasteiger charge is -2.38. The van der Waals surface area contributed by atoms with Gasteiger partial charge in [0.1, 0.15) is 0 Å². The highest BCUT2D eigenvalue weighted by Gasteiger charge is 2.32. The summed E-state index contributed by atoms with van der Waals surface area (Å²) in [5.41, 5.74) is 1.98. The lowest BCUT2D eigenvalue weighted by atomic mass is 9.83. The molecule has 2 nitrogen and oxygen atoms in total. The fraction of sp³-hybridized carbons (Fsp3) is 0.857. The van der Waals surface area contributed by atoms with Gasteiger partial charge in [-0.15, -0.1) is 0 Å². The summed E-state index contributed by atoms with van der Waals surface area (Å²) in [4.78, 5) is 0. The van der Waals surface area contributed by atoms with Gasteiger partial charge in [0.15, 0.2) is 0 Å². The van der Waals surface area contributed by atoms with Crippen LogP contribution in [0.15, 0.2) is 11.6 Å². The van der Waals surface area contributed by atoms with Crippen LogP contribution in [0.4, 0.5) is 0 Å². The minimum Gasteiger partial charge on any atom is -0.380 e. The summed E-state index contributed by atoms with van der Waals surface area (Å²) in [6.45, 7) is 11.0. The average molecular weight is 223 g/mol. The van der Waals surface area contributed by atoms with Crippen LogP contribution in [0, 0.1) is 17.3 Å². The molecule has 0 bridgehead atoms. The van der Waals surface area contributed by atoms with Crippen molar-refractivity contribution in [2.24, 2.45) is 17.3 Å². The van der Waals surface area contributed by atoms with Crippen LogP contribution in [-0.4, -0.2) is 26.3 Å². The third-order valence-corrected chi connectivity index (χ3v) is 3.77. The Balaban J connectivity index is 1.68. The van der Waals surface area contributed by atoms with Crippen LogP contribution in [0.3, 0.4) is 0 Å². The predicted octanol–water partition coefficient (Wildman–Crippen LogP) is 2.60. The summed E-state index contributed by atoms with van der Waals surface area (Å²) in [5.74, 6) is 1.60. The van der Waals surface area contributed by atoms with Crippen LogP contribution in [-0.2, 0) is 4.74 Å². The fourth-order valence-corrected chi connectivity index (χ4v) is 2.97. The van der Waals surface area contributed by atoms with Crippen molar-refractivity contribution in [3.05, 3.63) is 11.6 Å². The molecule has 0 aromatic carbocycles. The summed E-state index contributed by atoms with van der Waals surface area (Å²) in [5, 5.41) is 3.63. The van der Waals surface area contributed by atoms with E-state index in [4.69, 9.17) is 4.74 Å². The van der Waals surface area contributed by atoms with Gasteiger partial charge in [0.2, 0.25) is 0 Å². The van der Waals surface area contributed by atoms with E-state index < -0.39 is 0 Å². The van der Waals surface area contributed by atoms with Gasteiger partial charge >= 0.3 is 0 Å². The maximum Gasteiger partial charge on any atom is 0.0554 e. The molecule has 1 saturated heterocycles. The van der Waals surface area contributed by atoms with Crippen LogP contribution in [0.2, 0.25) is 0 Å². The zero-order valence-corrected chi connectivity index (χ0v) is 10.9. The lowest BCUT2D eigenvalue weighted by molar-refractivity contribution is -0.0992. The molecule has 2 rings (SSSR count). The summed E-state index contributed by atoms with van der Waals surface area (Å²) >= 11 is 0. The van der Waals surface area contributed by atoms with Crippen molar-refractivity contribution in [1.29, 1.82) is 0 Å². The van der Waals surface area contributed by atoms with Gasteiger partial charge in [-0.1, -0.05) is 25.5 Å². The van der Waals surface area contributed by atoms with Gasteiger partial charge in [-0.2, -0.15) is 0 Å². The quantitative estimate of drug-likeness (QED) is 0.740. The first-order chi connectivity index (χ1) is 7.57. The van der Waals surface area contributed by atoms with Crippen molar-refractivity contribution in [2.45, 2.75) is 33.6 Å². The van der Waals surface area contributed by atoms with Crippen LogP contribution in [0.1, 0.15) is 33.6 Å². The smallest absolute Gasteiger partial charge is 0.0554 e. The molecule has 1 fully saturated rings. The molecule has 0 saturated carbocycles. The Kier molecular flexibility index (Phi) is 3.70. The zero-order valence-electron chi connectivity index (χ0n) is 10.9. The van der Waals surface area contributed by atoms with Crippen LogP contribution >= 0.6 is 0 Å². The van der Waals surface area contributed by atoms with E-state index in [1.165, 1.54) is 19.4 Å². The molecule has 0 aromatic heterocycles. The largest absolute Gasteiger partial charge is 0.380 e. The van der Waals surface area contributed by atoms with Gasteiger partial charge in [-0.05, 0) is 38.1 Å². The van der Waals surface area contributed by atoms with Gasteiger partial charge in [-0.3, -0.25) is 0 Å². The second-order valence-corrected chi connectivity index (χ2v) is 6.23. The Morgan fingerprint density at radius 2 is 2.25 bits per heavy atom. The topological polar surface area (TPSA) is 21.3 Å². The molecule has 1 aliphatic heterocycles. The standard InChI is InChI=1S/C14H25NO/c1-11-4-12(2)6-13(5-11)7-15-8-14(3)9-16-10-14/h4,11,13,15H,5-10H2,1-3H3. The Morgan fingerprint density at radius 1 is 1.50 bits per heavy atom. The molecule has 0 amide bonds. The van der Waals surface area contributed by atoms with E-state index in [1.807, 2.05) is 0 Å². The highest BCUT2D eigenvalue weighted by molar-refractivity contribution is 5.06. The maximum absolute atomic E-state index is 5.27. The number of rotatable bonds is 4. The molecule has 1 heterocycles. The Morgan fingerprint density at radius 3 is 2.81 bits per heavy atom. The van der Waals surface area contributed by atoms with Crippen LogP contribution in [0.5, 0.6) is 0 Å². The molecule has 2 aliphatic rings. The van der Waals surface area contributed by atoms with E-state index in [-0.39, 0.29) is 0 Å². The van der Waals surface area contributed by atoms with Crippen molar-refractivity contribution >= 4 is 0 Å². The summed E-state index contributed by atoms with van der Waals surface area (Å²) in [6.07, 6.45) is 5.06. The maximum atomic E-state index is 5.27. The van der Waals surface area contributed by atoms with E-state index in [1.54, 1.807) is 5.57 Å². The van der Waals surface area contributed by atoms with Crippen molar-refractivity contribution in [1.82, 2.24) is 5.32 Å². The molecule has 92 valence electrons. The fourth-order valence-electron chi connectivity index (χ4n) is 2.97. The molecule has 0 aromatic rings. The first kappa shape index (κ1) is 12.1. The zero-order chi connectivity index (χ0) is 11.6. The first-order valence-electron chi connectivity index (χ1n) is 6.53. The van der Waals surface area contributed by atoms with Gasteiger partial charge in [0.25, 0.3) is 0 Å². The normalized spacial score (nSPS) is 33.1. The summed E-state index contributed by atoms with van der Waals surface area (Å²) in [6, 6.07) is 0. The predicted molar refractivity (Wildman–Crippen MR) is 67.4 cm³/mol. The monoisotopic (exact) mass is 223 g/mol.